The minimum atomic E-state index is -0.318. The topological polar surface area (TPSA) is 75.4 Å². The number of hydrogen-bond acceptors (Lipinski definition) is 6. The summed E-state index contributed by atoms with van der Waals surface area (Å²) >= 11 is 3.07. The van der Waals surface area contributed by atoms with E-state index < -0.39 is 0 Å². The summed E-state index contributed by atoms with van der Waals surface area (Å²) in [6.45, 7) is 3.33. The predicted octanol–water partition coefficient (Wildman–Crippen LogP) is 5.53. The summed E-state index contributed by atoms with van der Waals surface area (Å²) in [5, 5.41) is 4.63. The highest BCUT2D eigenvalue weighted by Crippen LogP contribution is 2.35. The van der Waals surface area contributed by atoms with Crippen LogP contribution in [0.1, 0.15) is 49.6 Å². The van der Waals surface area contributed by atoms with Gasteiger partial charge in [-0.3, -0.25) is 9.59 Å². The normalized spacial score (nSPS) is 14.8. The van der Waals surface area contributed by atoms with Crippen LogP contribution in [-0.2, 0) is 0 Å². The van der Waals surface area contributed by atoms with Gasteiger partial charge < -0.3 is 14.6 Å². The average molecular weight is 452 g/mol. The van der Waals surface area contributed by atoms with E-state index in [9.17, 15) is 9.59 Å². The number of thiazole rings is 1. The number of para-hydroxylation sites is 1. The van der Waals surface area contributed by atoms with Crippen molar-refractivity contribution in [2.75, 3.05) is 18.4 Å². The molecule has 1 saturated heterocycles. The number of amides is 2. The number of rotatable bonds is 4. The first-order chi connectivity index (χ1) is 15.1. The number of nitrogens with one attached hydrogen (secondary N) is 1. The number of fused-ring (bicyclic) bond motifs is 1. The molecule has 2 amide bonds. The molecule has 8 heteroatoms. The molecular formula is C23H21N3O3S2. The van der Waals surface area contributed by atoms with Crippen LogP contribution in [0.25, 0.3) is 10.2 Å². The van der Waals surface area contributed by atoms with Crippen molar-refractivity contribution in [3.05, 3.63) is 69.9 Å². The summed E-state index contributed by atoms with van der Waals surface area (Å²) in [6, 6.07) is 13.3. The Kier molecular flexibility index (Phi) is 5.33. The van der Waals surface area contributed by atoms with Crippen LogP contribution in [-0.4, -0.2) is 34.8 Å². The number of carbonyl (C=O) groups is 2. The molecule has 158 valence electrons. The molecule has 6 nitrogen and oxygen atoms in total. The molecule has 4 heterocycles. The SMILES string of the molecule is Cc1cc(NC(=O)c2ccco2)sc1C(=O)N1CCC(c2nc3ccccc3s2)CC1. The predicted molar refractivity (Wildman–Crippen MR) is 123 cm³/mol. The molecule has 1 aliphatic rings. The van der Waals surface area contributed by atoms with E-state index >= 15 is 0 Å². The highest BCUT2D eigenvalue weighted by molar-refractivity contribution is 7.18. The molecule has 1 aliphatic heterocycles. The standard InChI is InChI=1S/C23H21N3O3S2/c1-14-13-19(25-21(27)17-6-4-12-29-17)31-20(14)23(28)26-10-8-15(9-11-26)22-24-16-5-2-3-7-18(16)30-22/h2-7,12-13,15H,8-11H2,1H3,(H,25,27). The zero-order chi connectivity index (χ0) is 21.4. The number of piperidine rings is 1. The lowest BCUT2D eigenvalue weighted by atomic mass is 9.97. The van der Waals surface area contributed by atoms with Gasteiger partial charge in [0.1, 0.15) is 0 Å². The summed E-state index contributed by atoms with van der Waals surface area (Å²) in [5.41, 5.74) is 1.93. The van der Waals surface area contributed by atoms with Gasteiger partial charge >= 0.3 is 0 Å². The lowest BCUT2D eigenvalue weighted by molar-refractivity contribution is 0.0717. The molecule has 0 atom stereocenters. The van der Waals surface area contributed by atoms with Gasteiger partial charge in [-0.2, -0.15) is 0 Å². The van der Waals surface area contributed by atoms with Crippen molar-refractivity contribution >= 4 is 49.7 Å². The van der Waals surface area contributed by atoms with Gasteiger partial charge in [0.2, 0.25) is 0 Å². The van der Waals surface area contributed by atoms with Gasteiger partial charge in [-0.25, -0.2) is 4.98 Å². The number of aromatic nitrogens is 1. The van der Waals surface area contributed by atoms with Crippen LogP contribution in [0.4, 0.5) is 5.00 Å². The summed E-state index contributed by atoms with van der Waals surface area (Å²) in [6.07, 6.45) is 3.29. The van der Waals surface area contributed by atoms with Crippen molar-refractivity contribution in [3.8, 4) is 0 Å². The maximum Gasteiger partial charge on any atom is 0.291 e. The Labute approximate surface area is 187 Å². The number of hydrogen-bond donors (Lipinski definition) is 1. The van der Waals surface area contributed by atoms with E-state index in [2.05, 4.69) is 17.4 Å². The van der Waals surface area contributed by atoms with E-state index in [4.69, 9.17) is 9.40 Å². The Morgan fingerprint density at radius 2 is 1.94 bits per heavy atom. The zero-order valence-corrected chi connectivity index (χ0v) is 18.6. The van der Waals surface area contributed by atoms with Crippen molar-refractivity contribution in [1.29, 1.82) is 0 Å². The van der Waals surface area contributed by atoms with Crippen LogP contribution in [0, 0.1) is 6.92 Å². The third-order valence-corrected chi connectivity index (χ3v) is 7.87. The molecule has 0 aliphatic carbocycles. The summed E-state index contributed by atoms with van der Waals surface area (Å²) < 4.78 is 6.34. The summed E-state index contributed by atoms with van der Waals surface area (Å²) in [7, 11) is 0. The first kappa shape index (κ1) is 20.0. The number of benzene rings is 1. The molecule has 0 unspecified atom stereocenters. The average Bonchev–Trinajstić information content (AvgIpc) is 3.53. The van der Waals surface area contributed by atoms with Gasteiger partial charge in [0.05, 0.1) is 31.4 Å². The van der Waals surface area contributed by atoms with Crippen molar-refractivity contribution in [1.82, 2.24) is 9.88 Å². The van der Waals surface area contributed by atoms with Gasteiger partial charge in [0.25, 0.3) is 11.8 Å². The maximum atomic E-state index is 13.1. The number of thiophene rings is 1. The Bertz CT molecular complexity index is 1200. The van der Waals surface area contributed by atoms with E-state index in [-0.39, 0.29) is 17.6 Å². The maximum absolute atomic E-state index is 13.1. The third kappa shape index (κ3) is 4.00. The summed E-state index contributed by atoms with van der Waals surface area (Å²) in [4.78, 5) is 32.7. The Hall–Kier alpha value is -2.97. The van der Waals surface area contributed by atoms with E-state index in [0.29, 0.717) is 28.9 Å². The van der Waals surface area contributed by atoms with Crippen LogP contribution in [0.5, 0.6) is 0 Å². The van der Waals surface area contributed by atoms with Crippen molar-refractivity contribution < 1.29 is 14.0 Å². The van der Waals surface area contributed by atoms with Crippen molar-refractivity contribution in [2.24, 2.45) is 0 Å². The molecule has 1 N–H and O–H groups in total. The minimum absolute atomic E-state index is 0.0312. The van der Waals surface area contributed by atoms with Gasteiger partial charge in [-0.15, -0.1) is 22.7 Å². The fraction of sp³-hybridized carbons (Fsp3) is 0.261. The smallest absolute Gasteiger partial charge is 0.291 e. The van der Waals surface area contributed by atoms with Crippen molar-refractivity contribution in [3.63, 3.8) is 0 Å². The second-order valence-corrected chi connectivity index (χ2v) is 9.75. The molecule has 4 aromatic rings. The first-order valence-corrected chi connectivity index (χ1v) is 11.8. The van der Waals surface area contributed by atoms with Crippen molar-refractivity contribution in [2.45, 2.75) is 25.7 Å². The fourth-order valence-electron chi connectivity index (χ4n) is 3.88. The molecule has 0 spiro atoms. The van der Waals surface area contributed by atoms with Crippen LogP contribution in [0.3, 0.4) is 0 Å². The lowest BCUT2D eigenvalue weighted by Gasteiger charge is -2.31. The van der Waals surface area contributed by atoms with Gasteiger partial charge in [-0.05, 0) is 55.7 Å². The van der Waals surface area contributed by atoms with Crippen LogP contribution in [0.15, 0.2) is 53.1 Å². The second-order valence-electron chi connectivity index (χ2n) is 7.64. The van der Waals surface area contributed by atoms with E-state index in [1.807, 2.05) is 30.0 Å². The Morgan fingerprint density at radius 1 is 1.13 bits per heavy atom. The largest absolute Gasteiger partial charge is 0.459 e. The number of nitrogens with zero attached hydrogens (tertiary/aromatic N) is 2. The number of furan rings is 1. The molecular weight excluding hydrogens is 430 g/mol. The monoisotopic (exact) mass is 451 g/mol. The third-order valence-electron chi connectivity index (χ3n) is 5.54. The number of aryl methyl sites for hydroxylation is 1. The Balaban J connectivity index is 1.24. The molecule has 1 aromatic carbocycles. The van der Waals surface area contributed by atoms with Gasteiger partial charge in [-0.1, -0.05) is 12.1 Å². The van der Waals surface area contributed by atoms with E-state index in [1.165, 1.54) is 27.3 Å². The van der Waals surface area contributed by atoms with Crippen LogP contribution >= 0.6 is 22.7 Å². The quantitative estimate of drug-likeness (QED) is 0.443. The summed E-state index contributed by atoms with van der Waals surface area (Å²) in [5.74, 6) is 0.357. The van der Waals surface area contributed by atoms with Gasteiger partial charge in [0, 0.05) is 19.0 Å². The second kappa shape index (κ2) is 8.28. The minimum Gasteiger partial charge on any atom is -0.459 e. The molecule has 1 fully saturated rings. The first-order valence-electron chi connectivity index (χ1n) is 10.2. The van der Waals surface area contributed by atoms with E-state index in [0.717, 1.165) is 23.9 Å². The zero-order valence-electron chi connectivity index (χ0n) is 17.0. The van der Waals surface area contributed by atoms with Crippen LogP contribution < -0.4 is 5.32 Å². The Morgan fingerprint density at radius 3 is 2.68 bits per heavy atom. The van der Waals surface area contributed by atoms with E-state index in [1.54, 1.807) is 23.5 Å². The molecule has 0 saturated carbocycles. The molecule has 31 heavy (non-hydrogen) atoms. The molecule has 3 aromatic heterocycles. The van der Waals surface area contributed by atoms with Gasteiger partial charge in [0.15, 0.2) is 5.76 Å². The molecule has 5 rings (SSSR count). The number of carbonyl (C=O) groups excluding carboxylic acids is 2. The number of anilines is 1. The number of likely N-dealkylation sites (tertiary alicyclic amines) is 1. The molecule has 0 radical (unpaired) electrons. The van der Waals surface area contributed by atoms with Crippen LogP contribution in [0.2, 0.25) is 0 Å². The highest BCUT2D eigenvalue weighted by atomic mass is 32.1. The molecule has 0 bridgehead atoms. The lowest BCUT2D eigenvalue weighted by Crippen LogP contribution is -2.37. The highest BCUT2D eigenvalue weighted by Gasteiger charge is 2.28. The fourth-order valence-corrected chi connectivity index (χ4v) is 6.05.